The predicted molar refractivity (Wildman–Crippen MR) is 131 cm³/mol. The van der Waals surface area contributed by atoms with Gasteiger partial charge in [-0.2, -0.15) is 4.31 Å². The number of thiophene rings is 2. The molecule has 158 valence electrons. The van der Waals surface area contributed by atoms with E-state index in [1.54, 1.807) is 24.5 Å². The Bertz CT molecular complexity index is 858. The second-order valence-corrected chi connectivity index (χ2v) is 10.3. The van der Waals surface area contributed by atoms with Crippen molar-refractivity contribution in [1.29, 1.82) is 0 Å². The number of rotatable bonds is 9. The molecule has 0 aliphatic heterocycles. The van der Waals surface area contributed by atoms with E-state index in [0.29, 0.717) is 23.8 Å². The molecule has 28 heavy (non-hydrogen) atoms. The fourth-order valence-electron chi connectivity index (χ4n) is 2.60. The van der Waals surface area contributed by atoms with Crippen molar-refractivity contribution < 1.29 is 8.42 Å². The highest BCUT2D eigenvalue weighted by Gasteiger charge is 2.23. The summed E-state index contributed by atoms with van der Waals surface area (Å²) in [7, 11) is -1.62. The van der Waals surface area contributed by atoms with E-state index in [-0.39, 0.29) is 24.0 Å². The maximum atomic E-state index is 12.6. The Morgan fingerprint density at radius 2 is 1.89 bits per heavy atom. The number of halogens is 1. The van der Waals surface area contributed by atoms with Crippen LogP contribution in [0.25, 0.3) is 0 Å². The molecule has 0 aliphatic rings. The molecule has 2 rings (SSSR count). The lowest BCUT2D eigenvalue weighted by Crippen LogP contribution is -2.37. The molecule has 10 heteroatoms. The Balaban J connectivity index is 0.00000392. The zero-order valence-corrected chi connectivity index (χ0v) is 21.5. The Kier molecular flexibility index (Phi) is 11.0. The van der Waals surface area contributed by atoms with E-state index in [4.69, 9.17) is 0 Å². The van der Waals surface area contributed by atoms with Crippen molar-refractivity contribution in [2.24, 2.45) is 4.99 Å². The monoisotopic (exact) mass is 556 g/mol. The number of guanidine groups is 1. The Hall–Kier alpha value is -0.690. The van der Waals surface area contributed by atoms with Crippen LogP contribution >= 0.6 is 46.7 Å². The number of aliphatic imine (C=N–C) groups is 1. The van der Waals surface area contributed by atoms with E-state index in [0.717, 1.165) is 23.8 Å². The van der Waals surface area contributed by atoms with E-state index < -0.39 is 10.0 Å². The highest BCUT2D eigenvalue weighted by atomic mass is 127. The van der Waals surface area contributed by atoms with Crippen LogP contribution in [0.3, 0.4) is 0 Å². The molecule has 0 saturated carbocycles. The lowest BCUT2D eigenvalue weighted by molar-refractivity contribution is 0.447. The lowest BCUT2D eigenvalue weighted by atomic mass is 10.3. The van der Waals surface area contributed by atoms with Crippen LogP contribution in [0.5, 0.6) is 0 Å². The van der Waals surface area contributed by atoms with E-state index in [1.165, 1.54) is 26.1 Å². The molecule has 2 aromatic rings. The molecule has 0 bridgehead atoms. The number of aryl methyl sites for hydroxylation is 1. The second-order valence-electron chi connectivity index (χ2n) is 5.94. The SMILES string of the molecule is CCN(CC)S(=O)(=O)c1ccc(CCNC(=NC)NCc2sccc2C)s1.I. The van der Waals surface area contributed by atoms with Gasteiger partial charge in [0.15, 0.2) is 5.96 Å². The first-order valence-electron chi connectivity index (χ1n) is 8.98. The Morgan fingerprint density at radius 1 is 1.18 bits per heavy atom. The molecule has 0 aromatic carbocycles. The van der Waals surface area contributed by atoms with Crippen LogP contribution in [0, 0.1) is 6.92 Å². The molecule has 0 spiro atoms. The number of sulfonamides is 1. The van der Waals surface area contributed by atoms with Crippen molar-refractivity contribution >= 4 is 62.6 Å². The molecule has 0 fully saturated rings. The third-order valence-corrected chi connectivity index (χ3v) is 8.89. The summed E-state index contributed by atoms with van der Waals surface area (Å²) in [5, 5.41) is 8.68. The molecule has 2 aromatic heterocycles. The van der Waals surface area contributed by atoms with E-state index in [2.05, 4.69) is 34.0 Å². The zero-order chi connectivity index (χ0) is 19.9. The summed E-state index contributed by atoms with van der Waals surface area (Å²) in [5.41, 5.74) is 1.28. The van der Waals surface area contributed by atoms with Gasteiger partial charge in [-0.3, -0.25) is 4.99 Å². The van der Waals surface area contributed by atoms with Gasteiger partial charge < -0.3 is 10.6 Å². The van der Waals surface area contributed by atoms with Crippen LogP contribution in [-0.2, 0) is 23.0 Å². The summed E-state index contributed by atoms with van der Waals surface area (Å²) < 4.78 is 27.0. The molecular formula is C18H29IN4O2S3. The molecule has 0 aliphatic carbocycles. The number of hydrogen-bond acceptors (Lipinski definition) is 5. The third-order valence-electron chi connectivity index (χ3n) is 4.21. The van der Waals surface area contributed by atoms with Gasteiger partial charge in [-0.15, -0.1) is 46.7 Å². The number of nitrogens with one attached hydrogen (secondary N) is 2. The molecule has 0 radical (unpaired) electrons. The quantitative estimate of drug-likeness (QED) is 0.281. The normalized spacial score (nSPS) is 12.1. The van der Waals surface area contributed by atoms with Gasteiger partial charge in [0.25, 0.3) is 10.0 Å². The van der Waals surface area contributed by atoms with Crippen LogP contribution in [0.2, 0.25) is 0 Å². The van der Waals surface area contributed by atoms with Gasteiger partial charge in [0, 0.05) is 36.4 Å². The van der Waals surface area contributed by atoms with Crippen LogP contribution in [0.15, 0.2) is 32.8 Å². The summed E-state index contributed by atoms with van der Waals surface area (Å²) in [4.78, 5) is 6.57. The fraction of sp³-hybridized carbons (Fsp3) is 0.500. The third kappa shape index (κ3) is 6.68. The van der Waals surface area contributed by atoms with Crippen molar-refractivity contribution in [3.63, 3.8) is 0 Å². The van der Waals surface area contributed by atoms with Gasteiger partial charge >= 0.3 is 0 Å². The highest BCUT2D eigenvalue weighted by Crippen LogP contribution is 2.25. The van der Waals surface area contributed by atoms with Crippen LogP contribution in [-0.4, -0.2) is 45.4 Å². The molecule has 6 nitrogen and oxygen atoms in total. The first-order valence-corrected chi connectivity index (χ1v) is 12.1. The van der Waals surface area contributed by atoms with Gasteiger partial charge in [-0.05, 0) is 42.5 Å². The van der Waals surface area contributed by atoms with Crippen molar-refractivity contribution in [3.8, 4) is 0 Å². The maximum absolute atomic E-state index is 12.6. The average Bonchev–Trinajstić information content (AvgIpc) is 3.28. The van der Waals surface area contributed by atoms with Gasteiger partial charge in [-0.25, -0.2) is 8.42 Å². The van der Waals surface area contributed by atoms with E-state index in [9.17, 15) is 8.42 Å². The smallest absolute Gasteiger partial charge is 0.252 e. The standard InChI is InChI=1S/C18H28N4O2S3.HI/c1-5-22(6-2)27(23,24)17-8-7-15(26-17)9-11-20-18(19-4)21-13-16-14(3)10-12-25-16;/h7-8,10,12H,5-6,9,11,13H2,1-4H3,(H2,19,20,21);1H. The zero-order valence-electron chi connectivity index (χ0n) is 16.7. The summed E-state index contributed by atoms with van der Waals surface area (Å²) in [5.74, 6) is 0.746. The molecule has 0 amide bonds. The van der Waals surface area contributed by atoms with Gasteiger partial charge in [0.1, 0.15) is 4.21 Å². The van der Waals surface area contributed by atoms with Crippen molar-refractivity contribution in [2.75, 3.05) is 26.7 Å². The summed E-state index contributed by atoms with van der Waals surface area (Å²) in [6.07, 6.45) is 0.747. The van der Waals surface area contributed by atoms with Gasteiger partial charge in [0.2, 0.25) is 0 Å². The largest absolute Gasteiger partial charge is 0.356 e. The molecule has 0 atom stereocenters. The van der Waals surface area contributed by atoms with Crippen LogP contribution in [0.1, 0.15) is 29.2 Å². The van der Waals surface area contributed by atoms with E-state index >= 15 is 0 Å². The number of hydrogen-bond donors (Lipinski definition) is 2. The highest BCUT2D eigenvalue weighted by molar-refractivity contribution is 14.0. The summed E-state index contributed by atoms with van der Waals surface area (Å²) >= 11 is 3.07. The Labute approximate surface area is 193 Å². The van der Waals surface area contributed by atoms with Gasteiger partial charge in [0.05, 0.1) is 6.54 Å². The number of nitrogens with zero attached hydrogens (tertiary/aromatic N) is 2. The minimum atomic E-state index is -3.37. The van der Waals surface area contributed by atoms with Gasteiger partial charge in [-0.1, -0.05) is 13.8 Å². The molecule has 0 unspecified atom stereocenters. The summed E-state index contributed by atoms with van der Waals surface area (Å²) in [6.45, 7) is 8.22. The first kappa shape index (κ1) is 25.3. The van der Waals surface area contributed by atoms with Crippen LogP contribution < -0.4 is 10.6 Å². The van der Waals surface area contributed by atoms with Crippen molar-refractivity contribution in [2.45, 2.75) is 37.9 Å². The molecule has 2 heterocycles. The molecule has 2 N–H and O–H groups in total. The first-order chi connectivity index (χ1) is 12.9. The Morgan fingerprint density at radius 3 is 2.46 bits per heavy atom. The minimum absolute atomic E-state index is 0. The maximum Gasteiger partial charge on any atom is 0.252 e. The van der Waals surface area contributed by atoms with E-state index in [1.807, 2.05) is 19.9 Å². The lowest BCUT2D eigenvalue weighted by Gasteiger charge is -2.16. The second kappa shape index (κ2) is 12.1. The van der Waals surface area contributed by atoms with Crippen molar-refractivity contribution in [3.05, 3.63) is 38.9 Å². The topological polar surface area (TPSA) is 73.8 Å². The fourth-order valence-corrected chi connectivity index (χ4v) is 6.41. The van der Waals surface area contributed by atoms with Crippen molar-refractivity contribution in [1.82, 2.24) is 14.9 Å². The minimum Gasteiger partial charge on any atom is -0.356 e. The molecule has 0 saturated heterocycles. The summed E-state index contributed by atoms with van der Waals surface area (Å²) in [6, 6.07) is 5.72. The molecular weight excluding hydrogens is 527 g/mol. The average molecular weight is 557 g/mol. The van der Waals surface area contributed by atoms with Crippen LogP contribution in [0.4, 0.5) is 0 Å². The predicted octanol–water partition coefficient (Wildman–Crippen LogP) is 3.67.